The predicted molar refractivity (Wildman–Crippen MR) is 119 cm³/mol. The SMILES string of the molecule is CCCCCCCC1CCC(C#CC=CC#CC2CCC(CC)CC2)CC1. The molecule has 0 heteroatoms. The van der Waals surface area contributed by atoms with E-state index in [-0.39, 0.29) is 0 Å². The fourth-order valence-corrected chi connectivity index (χ4v) is 4.76. The summed E-state index contributed by atoms with van der Waals surface area (Å²) in [6.45, 7) is 4.61. The van der Waals surface area contributed by atoms with Crippen molar-refractivity contribution in [1.82, 2.24) is 0 Å². The largest absolute Gasteiger partial charge is 0.0951 e. The first-order chi connectivity index (χ1) is 13.3. The van der Waals surface area contributed by atoms with Gasteiger partial charge in [-0.1, -0.05) is 82.5 Å². The van der Waals surface area contributed by atoms with Crippen molar-refractivity contribution in [3.05, 3.63) is 12.2 Å². The number of rotatable bonds is 7. The van der Waals surface area contributed by atoms with Gasteiger partial charge < -0.3 is 0 Å². The summed E-state index contributed by atoms with van der Waals surface area (Å²) < 4.78 is 0. The standard InChI is InChI=1S/C27H42/c1-3-5-6-7-10-13-26-20-22-27(23-21-26)15-12-9-8-11-14-25-18-16-24(4-2)17-19-25/h8-9,24-27H,3-7,10,13,16-23H2,1-2H3. The molecule has 2 aliphatic carbocycles. The maximum Gasteiger partial charge on any atom is 0.0206 e. The smallest absolute Gasteiger partial charge is 0.0206 e. The summed E-state index contributed by atoms with van der Waals surface area (Å²) in [6.07, 6.45) is 24.6. The lowest BCUT2D eigenvalue weighted by atomic mass is 9.80. The molecule has 0 heterocycles. The Balaban J connectivity index is 1.57. The van der Waals surface area contributed by atoms with E-state index in [9.17, 15) is 0 Å². The van der Waals surface area contributed by atoms with E-state index in [4.69, 9.17) is 0 Å². The van der Waals surface area contributed by atoms with Crippen LogP contribution in [0.4, 0.5) is 0 Å². The molecule has 0 atom stereocenters. The molecule has 0 radical (unpaired) electrons. The van der Waals surface area contributed by atoms with Crippen LogP contribution in [0.15, 0.2) is 12.2 Å². The van der Waals surface area contributed by atoms with Gasteiger partial charge in [0, 0.05) is 11.8 Å². The molecule has 2 saturated carbocycles. The molecule has 150 valence electrons. The van der Waals surface area contributed by atoms with Gasteiger partial charge in [0.2, 0.25) is 0 Å². The minimum atomic E-state index is 0.627. The molecule has 2 fully saturated rings. The Morgan fingerprint density at radius 3 is 1.67 bits per heavy atom. The summed E-state index contributed by atoms with van der Waals surface area (Å²) in [6, 6.07) is 0. The first kappa shape index (κ1) is 22.2. The molecular formula is C27H42. The molecule has 0 aromatic heterocycles. The second-order valence-corrected chi connectivity index (χ2v) is 8.96. The first-order valence-electron chi connectivity index (χ1n) is 12.0. The molecule has 0 amide bonds. The van der Waals surface area contributed by atoms with Crippen molar-refractivity contribution in [1.29, 1.82) is 0 Å². The summed E-state index contributed by atoms with van der Waals surface area (Å²) >= 11 is 0. The predicted octanol–water partition coefficient (Wildman–Crippen LogP) is 7.93. The Labute approximate surface area is 170 Å². The Hall–Kier alpha value is -1.14. The van der Waals surface area contributed by atoms with Gasteiger partial charge in [-0.25, -0.2) is 0 Å². The van der Waals surface area contributed by atoms with Gasteiger partial charge in [0.1, 0.15) is 0 Å². The van der Waals surface area contributed by atoms with Crippen LogP contribution in [-0.2, 0) is 0 Å². The third-order valence-corrected chi connectivity index (χ3v) is 6.81. The average molecular weight is 367 g/mol. The maximum atomic E-state index is 3.47. The molecule has 0 bridgehead atoms. The van der Waals surface area contributed by atoms with E-state index in [1.54, 1.807) is 0 Å². The molecule has 0 N–H and O–H groups in total. The Morgan fingerprint density at radius 1 is 0.630 bits per heavy atom. The van der Waals surface area contributed by atoms with Crippen LogP contribution < -0.4 is 0 Å². The molecule has 0 aromatic rings. The second-order valence-electron chi connectivity index (χ2n) is 8.96. The highest BCUT2D eigenvalue weighted by Gasteiger charge is 2.19. The summed E-state index contributed by atoms with van der Waals surface area (Å²) in [4.78, 5) is 0. The van der Waals surface area contributed by atoms with Gasteiger partial charge in [0.15, 0.2) is 0 Å². The summed E-state index contributed by atoms with van der Waals surface area (Å²) in [5.74, 6) is 16.6. The van der Waals surface area contributed by atoms with E-state index in [1.165, 1.54) is 96.3 Å². The molecule has 0 aromatic carbocycles. The van der Waals surface area contributed by atoms with Crippen molar-refractivity contribution < 1.29 is 0 Å². The summed E-state index contributed by atoms with van der Waals surface area (Å²) in [7, 11) is 0. The zero-order valence-electron chi connectivity index (χ0n) is 18.1. The Bertz CT molecular complexity index is 516. The topological polar surface area (TPSA) is 0 Å². The minimum Gasteiger partial charge on any atom is -0.0951 e. The molecule has 2 aliphatic rings. The van der Waals surface area contributed by atoms with Crippen LogP contribution in [0.5, 0.6) is 0 Å². The van der Waals surface area contributed by atoms with Gasteiger partial charge in [-0.3, -0.25) is 0 Å². The highest BCUT2D eigenvalue weighted by molar-refractivity contribution is 5.26. The lowest BCUT2D eigenvalue weighted by Gasteiger charge is -2.25. The van der Waals surface area contributed by atoms with Crippen molar-refractivity contribution in [2.75, 3.05) is 0 Å². The van der Waals surface area contributed by atoms with Gasteiger partial charge in [-0.2, -0.15) is 0 Å². The number of allylic oxidation sites excluding steroid dienone is 2. The molecule has 0 nitrogen and oxygen atoms in total. The molecular weight excluding hydrogens is 324 g/mol. The fourth-order valence-electron chi connectivity index (χ4n) is 4.76. The minimum absolute atomic E-state index is 0.627. The second kappa shape index (κ2) is 13.9. The van der Waals surface area contributed by atoms with Crippen LogP contribution in [0.25, 0.3) is 0 Å². The number of hydrogen-bond donors (Lipinski definition) is 0. The quantitative estimate of drug-likeness (QED) is 0.317. The van der Waals surface area contributed by atoms with Crippen molar-refractivity contribution >= 4 is 0 Å². The number of hydrogen-bond acceptors (Lipinski definition) is 0. The van der Waals surface area contributed by atoms with Crippen molar-refractivity contribution in [2.24, 2.45) is 23.7 Å². The van der Waals surface area contributed by atoms with Crippen LogP contribution in [0, 0.1) is 47.4 Å². The third-order valence-electron chi connectivity index (χ3n) is 6.81. The van der Waals surface area contributed by atoms with E-state index in [0.29, 0.717) is 11.8 Å². The van der Waals surface area contributed by atoms with E-state index < -0.39 is 0 Å². The van der Waals surface area contributed by atoms with Gasteiger partial charge in [0.25, 0.3) is 0 Å². The lowest BCUT2D eigenvalue weighted by Crippen LogP contribution is -2.13. The van der Waals surface area contributed by atoms with E-state index in [2.05, 4.69) is 37.5 Å². The van der Waals surface area contributed by atoms with Gasteiger partial charge in [-0.15, -0.1) is 0 Å². The first-order valence-corrected chi connectivity index (χ1v) is 12.0. The maximum absolute atomic E-state index is 3.47. The highest BCUT2D eigenvalue weighted by Crippen LogP contribution is 2.32. The van der Waals surface area contributed by atoms with Crippen LogP contribution in [-0.4, -0.2) is 0 Å². The zero-order valence-corrected chi connectivity index (χ0v) is 18.1. The van der Waals surface area contributed by atoms with E-state index in [1.807, 2.05) is 12.2 Å². The van der Waals surface area contributed by atoms with Crippen LogP contribution in [0.1, 0.15) is 110 Å². The molecule has 0 unspecified atom stereocenters. The van der Waals surface area contributed by atoms with Crippen molar-refractivity contribution in [3.8, 4) is 23.7 Å². The van der Waals surface area contributed by atoms with E-state index >= 15 is 0 Å². The molecule has 0 saturated heterocycles. The van der Waals surface area contributed by atoms with Gasteiger partial charge in [0.05, 0.1) is 0 Å². The molecule has 2 rings (SSSR count). The van der Waals surface area contributed by atoms with Gasteiger partial charge >= 0.3 is 0 Å². The normalized spacial score (nSPS) is 28.2. The van der Waals surface area contributed by atoms with Crippen LogP contribution in [0.3, 0.4) is 0 Å². The highest BCUT2D eigenvalue weighted by atomic mass is 14.2. The molecule has 27 heavy (non-hydrogen) atoms. The Kier molecular flexibility index (Phi) is 11.4. The van der Waals surface area contributed by atoms with Crippen molar-refractivity contribution in [3.63, 3.8) is 0 Å². The van der Waals surface area contributed by atoms with E-state index in [0.717, 1.165) is 11.8 Å². The average Bonchev–Trinajstić information content (AvgIpc) is 2.72. The molecule has 0 aliphatic heterocycles. The van der Waals surface area contributed by atoms with Crippen LogP contribution >= 0.6 is 0 Å². The van der Waals surface area contributed by atoms with Gasteiger partial charge in [-0.05, 0) is 75.4 Å². The zero-order chi connectivity index (χ0) is 19.2. The van der Waals surface area contributed by atoms with Crippen LogP contribution in [0.2, 0.25) is 0 Å². The van der Waals surface area contributed by atoms with Crippen molar-refractivity contribution in [2.45, 2.75) is 110 Å². The number of unbranched alkanes of at least 4 members (excludes halogenated alkanes) is 4. The summed E-state index contributed by atoms with van der Waals surface area (Å²) in [5, 5.41) is 0. The Morgan fingerprint density at radius 2 is 1.15 bits per heavy atom. The fraction of sp³-hybridized carbons (Fsp3) is 0.778. The lowest BCUT2D eigenvalue weighted by molar-refractivity contribution is 0.294. The monoisotopic (exact) mass is 366 g/mol. The third kappa shape index (κ3) is 9.56. The summed E-state index contributed by atoms with van der Waals surface area (Å²) in [5.41, 5.74) is 0. The molecule has 0 spiro atoms.